The molecule has 0 aliphatic carbocycles. The standard InChI is InChI=1S/C14H31NO/c1-5-7-8-14(6-2)11-15-9-10-16-12-13(3)4/h13-15H,5-12H2,1-4H3. The molecule has 0 amide bonds. The van der Waals surface area contributed by atoms with Gasteiger partial charge in [0, 0.05) is 13.2 Å². The topological polar surface area (TPSA) is 21.3 Å². The van der Waals surface area contributed by atoms with E-state index in [0.717, 1.165) is 32.2 Å². The van der Waals surface area contributed by atoms with Gasteiger partial charge < -0.3 is 10.1 Å². The number of nitrogens with one attached hydrogen (secondary N) is 1. The monoisotopic (exact) mass is 229 g/mol. The summed E-state index contributed by atoms with van der Waals surface area (Å²) in [6.07, 6.45) is 5.34. The van der Waals surface area contributed by atoms with Crippen molar-refractivity contribution in [3.05, 3.63) is 0 Å². The number of hydrogen-bond donors (Lipinski definition) is 1. The van der Waals surface area contributed by atoms with E-state index in [1.165, 1.54) is 25.7 Å². The van der Waals surface area contributed by atoms with Crippen LogP contribution in [0.3, 0.4) is 0 Å². The minimum absolute atomic E-state index is 0.646. The fourth-order valence-corrected chi connectivity index (χ4v) is 1.71. The fraction of sp³-hybridized carbons (Fsp3) is 1.00. The van der Waals surface area contributed by atoms with Gasteiger partial charge >= 0.3 is 0 Å². The van der Waals surface area contributed by atoms with Gasteiger partial charge in [-0.3, -0.25) is 0 Å². The summed E-state index contributed by atoms with van der Waals surface area (Å²) in [5.74, 6) is 1.50. The molecule has 0 fully saturated rings. The predicted molar refractivity (Wildman–Crippen MR) is 71.8 cm³/mol. The summed E-state index contributed by atoms with van der Waals surface area (Å²) >= 11 is 0. The van der Waals surface area contributed by atoms with E-state index in [0.29, 0.717) is 5.92 Å². The van der Waals surface area contributed by atoms with Crippen LogP contribution in [0.25, 0.3) is 0 Å². The Labute approximate surface area is 102 Å². The summed E-state index contributed by atoms with van der Waals surface area (Å²) < 4.78 is 5.53. The summed E-state index contributed by atoms with van der Waals surface area (Å²) in [5, 5.41) is 3.49. The number of rotatable bonds is 11. The van der Waals surface area contributed by atoms with Crippen LogP contribution in [0.4, 0.5) is 0 Å². The van der Waals surface area contributed by atoms with Gasteiger partial charge in [-0.25, -0.2) is 0 Å². The van der Waals surface area contributed by atoms with E-state index in [9.17, 15) is 0 Å². The van der Waals surface area contributed by atoms with Crippen LogP contribution in [0.1, 0.15) is 53.4 Å². The second-order valence-corrected chi connectivity index (χ2v) is 5.09. The molecule has 0 aromatic carbocycles. The van der Waals surface area contributed by atoms with E-state index in [-0.39, 0.29) is 0 Å². The van der Waals surface area contributed by atoms with Gasteiger partial charge in [0.15, 0.2) is 0 Å². The molecule has 98 valence electrons. The summed E-state index contributed by atoms with van der Waals surface area (Å²) in [6.45, 7) is 12.8. The van der Waals surface area contributed by atoms with Gasteiger partial charge in [-0.05, 0) is 24.8 Å². The largest absolute Gasteiger partial charge is 0.380 e. The lowest BCUT2D eigenvalue weighted by molar-refractivity contribution is 0.111. The summed E-state index contributed by atoms with van der Waals surface area (Å²) in [4.78, 5) is 0. The van der Waals surface area contributed by atoms with Gasteiger partial charge in [-0.2, -0.15) is 0 Å². The molecular weight excluding hydrogens is 198 g/mol. The van der Waals surface area contributed by atoms with Crippen LogP contribution >= 0.6 is 0 Å². The van der Waals surface area contributed by atoms with E-state index in [2.05, 4.69) is 33.0 Å². The molecule has 0 heterocycles. The van der Waals surface area contributed by atoms with Gasteiger partial charge in [0.2, 0.25) is 0 Å². The lowest BCUT2D eigenvalue weighted by Gasteiger charge is -2.15. The van der Waals surface area contributed by atoms with E-state index >= 15 is 0 Å². The smallest absolute Gasteiger partial charge is 0.0591 e. The Morgan fingerprint density at radius 3 is 2.50 bits per heavy atom. The van der Waals surface area contributed by atoms with Gasteiger partial charge in [0.1, 0.15) is 0 Å². The van der Waals surface area contributed by atoms with Crippen molar-refractivity contribution in [2.24, 2.45) is 11.8 Å². The zero-order chi connectivity index (χ0) is 12.2. The Morgan fingerprint density at radius 1 is 1.19 bits per heavy atom. The van der Waals surface area contributed by atoms with E-state index < -0.39 is 0 Å². The molecule has 0 aromatic rings. The Kier molecular flexibility index (Phi) is 11.3. The molecule has 1 atom stereocenters. The first-order valence-corrected chi connectivity index (χ1v) is 6.99. The van der Waals surface area contributed by atoms with Crippen LogP contribution in [0, 0.1) is 11.8 Å². The average molecular weight is 229 g/mol. The highest BCUT2D eigenvalue weighted by Crippen LogP contribution is 2.10. The van der Waals surface area contributed by atoms with Crippen molar-refractivity contribution in [2.75, 3.05) is 26.3 Å². The van der Waals surface area contributed by atoms with Crippen LogP contribution in [-0.4, -0.2) is 26.3 Å². The van der Waals surface area contributed by atoms with E-state index in [1.54, 1.807) is 0 Å². The third-order valence-corrected chi connectivity index (χ3v) is 2.85. The lowest BCUT2D eigenvalue weighted by Crippen LogP contribution is -2.26. The molecule has 0 aliphatic heterocycles. The first-order valence-electron chi connectivity index (χ1n) is 6.99. The Bertz CT molecular complexity index is 137. The molecule has 1 N–H and O–H groups in total. The van der Waals surface area contributed by atoms with E-state index in [1.807, 2.05) is 0 Å². The first kappa shape index (κ1) is 15.9. The average Bonchev–Trinajstić information content (AvgIpc) is 2.26. The van der Waals surface area contributed by atoms with Crippen LogP contribution in [0.2, 0.25) is 0 Å². The molecule has 0 bridgehead atoms. The van der Waals surface area contributed by atoms with Crippen molar-refractivity contribution < 1.29 is 4.74 Å². The van der Waals surface area contributed by atoms with Crippen molar-refractivity contribution in [1.29, 1.82) is 0 Å². The molecule has 0 rings (SSSR count). The minimum Gasteiger partial charge on any atom is -0.380 e. The van der Waals surface area contributed by atoms with Crippen LogP contribution in [0.5, 0.6) is 0 Å². The number of unbranched alkanes of at least 4 members (excludes halogenated alkanes) is 1. The van der Waals surface area contributed by atoms with Gasteiger partial charge in [-0.15, -0.1) is 0 Å². The van der Waals surface area contributed by atoms with Crippen LogP contribution < -0.4 is 5.32 Å². The summed E-state index contributed by atoms with van der Waals surface area (Å²) in [6, 6.07) is 0. The van der Waals surface area contributed by atoms with Gasteiger partial charge in [-0.1, -0.05) is 47.0 Å². The Morgan fingerprint density at radius 2 is 1.94 bits per heavy atom. The van der Waals surface area contributed by atoms with Crippen molar-refractivity contribution >= 4 is 0 Å². The molecule has 0 saturated heterocycles. The summed E-state index contributed by atoms with van der Waals surface area (Å²) in [7, 11) is 0. The zero-order valence-corrected chi connectivity index (χ0v) is 11.7. The number of hydrogen-bond acceptors (Lipinski definition) is 2. The maximum atomic E-state index is 5.53. The summed E-state index contributed by atoms with van der Waals surface area (Å²) in [5.41, 5.74) is 0. The maximum Gasteiger partial charge on any atom is 0.0591 e. The zero-order valence-electron chi connectivity index (χ0n) is 11.7. The minimum atomic E-state index is 0.646. The number of ether oxygens (including phenoxy) is 1. The van der Waals surface area contributed by atoms with Crippen molar-refractivity contribution in [2.45, 2.75) is 53.4 Å². The van der Waals surface area contributed by atoms with Gasteiger partial charge in [0.25, 0.3) is 0 Å². The molecule has 2 heteroatoms. The maximum absolute atomic E-state index is 5.53. The lowest BCUT2D eigenvalue weighted by atomic mass is 9.99. The normalized spacial score (nSPS) is 13.3. The molecule has 0 saturated carbocycles. The molecule has 1 unspecified atom stereocenters. The fourth-order valence-electron chi connectivity index (χ4n) is 1.71. The Hall–Kier alpha value is -0.0800. The molecule has 0 aromatic heterocycles. The molecule has 0 radical (unpaired) electrons. The van der Waals surface area contributed by atoms with Gasteiger partial charge in [0.05, 0.1) is 6.61 Å². The second-order valence-electron chi connectivity index (χ2n) is 5.09. The van der Waals surface area contributed by atoms with Crippen LogP contribution in [0.15, 0.2) is 0 Å². The SMILES string of the molecule is CCCCC(CC)CNCCOCC(C)C. The first-order chi connectivity index (χ1) is 7.70. The molecule has 0 aliphatic rings. The molecule has 0 spiro atoms. The predicted octanol–water partition coefficient (Wildman–Crippen LogP) is 3.47. The van der Waals surface area contributed by atoms with E-state index in [4.69, 9.17) is 4.74 Å². The highest BCUT2D eigenvalue weighted by molar-refractivity contribution is 4.60. The quantitative estimate of drug-likeness (QED) is 0.548. The second kappa shape index (κ2) is 11.4. The Balaban J connectivity index is 3.27. The molecular formula is C14H31NO. The van der Waals surface area contributed by atoms with Crippen LogP contribution in [-0.2, 0) is 4.74 Å². The molecule has 16 heavy (non-hydrogen) atoms. The van der Waals surface area contributed by atoms with Crippen molar-refractivity contribution in [1.82, 2.24) is 5.32 Å². The molecule has 2 nitrogen and oxygen atoms in total. The highest BCUT2D eigenvalue weighted by Gasteiger charge is 2.04. The van der Waals surface area contributed by atoms with Crippen molar-refractivity contribution in [3.63, 3.8) is 0 Å². The third kappa shape index (κ3) is 10.4. The third-order valence-electron chi connectivity index (χ3n) is 2.85. The highest BCUT2D eigenvalue weighted by atomic mass is 16.5. The van der Waals surface area contributed by atoms with Crippen molar-refractivity contribution in [3.8, 4) is 0 Å².